The molecule has 1 heterocycles. The van der Waals surface area contributed by atoms with Gasteiger partial charge in [-0.1, -0.05) is 269 Å². The summed E-state index contributed by atoms with van der Waals surface area (Å²) in [5.41, 5.74) is 0. The SMILES string of the molecule is CCCCCCCCCCC/C=C\C/C=C\CCCCCCCCCC(=O)NC(COC1OC(CO)C(O)C(OS(=O)(=O)O)C1O)C(O)CCCCCCCCCCCCCCCCCCCCCCCCC. The summed E-state index contributed by atoms with van der Waals surface area (Å²) in [6, 6.07) is -0.863. The maximum absolute atomic E-state index is 13.2. The molecule has 13 heteroatoms. The number of aliphatic hydroxyl groups excluding tert-OH is 4. The molecule has 1 aliphatic heterocycles. The Labute approximate surface area is 448 Å². The van der Waals surface area contributed by atoms with Crippen LogP contribution < -0.4 is 5.32 Å². The molecule has 1 amide bonds. The van der Waals surface area contributed by atoms with Crippen LogP contribution in [0, 0.1) is 0 Å². The summed E-state index contributed by atoms with van der Waals surface area (Å²) in [7, 11) is -5.08. The quantitative estimate of drug-likeness (QED) is 0.0193. The predicted molar refractivity (Wildman–Crippen MR) is 301 cm³/mol. The molecule has 1 saturated heterocycles. The van der Waals surface area contributed by atoms with Crippen molar-refractivity contribution >= 4 is 16.3 Å². The number of unbranched alkanes of at least 4 members (excludes halogenated alkanes) is 38. The summed E-state index contributed by atoms with van der Waals surface area (Å²) in [6.45, 7) is 3.49. The number of aliphatic hydroxyl groups is 4. The molecule has 0 aromatic rings. The fourth-order valence-electron chi connectivity index (χ4n) is 10.0. The Morgan fingerprint density at radius 2 is 0.918 bits per heavy atom. The van der Waals surface area contributed by atoms with Gasteiger partial charge in [-0.05, 0) is 44.9 Å². The number of carbonyl (C=O) groups excluding carboxylic acids is 1. The average Bonchev–Trinajstić information content (AvgIpc) is 3.37. The number of amides is 1. The summed E-state index contributed by atoms with van der Waals surface area (Å²) in [5.74, 6) is -0.233. The van der Waals surface area contributed by atoms with Gasteiger partial charge in [0.25, 0.3) is 0 Å². The first-order chi connectivity index (χ1) is 35.5. The van der Waals surface area contributed by atoms with E-state index in [1.54, 1.807) is 0 Å². The summed E-state index contributed by atoms with van der Waals surface area (Å²) in [4.78, 5) is 13.2. The van der Waals surface area contributed by atoms with Crippen LogP contribution in [0.1, 0.15) is 296 Å². The highest BCUT2D eigenvalue weighted by molar-refractivity contribution is 7.80. The summed E-state index contributed by atoms with van der Waals surface area (Å²) in [6.07, 6.45) is 53.3. The van der Waals surface area contributed by atoms with E-state index < -0.39 is 59.9 Å². The van der Waals surface area contributed by atoms with E-state index in [0.29, 0.717) is 12.8 Å². The van der Waals surface area contributed by atoms with Gasteiger partial charge in [-0.3, -0.25) is 9.35 Å². The zero-order chi connectivity index (χ0) is 53.3. The minimum absolute atomic E-state index is 0.233. The molecule has 1 fully saturated rings. The fourth-order valence-corrected chi connectivity index (χ4v) is 10.5. The van der Waals surface area contributed by atoms with Crippen LogP contribution in [-0.2, 0) is 28.9 Å². The molecule has 0 saturated carbocycles. The molecular formula is C60H115NO11S. The third-order valence-electron chi connectivity index (χ3n) is 14.8. The fraction of sp³-hybridized carbons (Fsp3) is 0.917. The maximum Gasteiger partial charge on any atom is 0.397 e. The molecule has 1 aliphatic rings. The molecule has 0 aliphatic carbocycles. The molecule has 7 unspecified atom stereocenters. The summed E-state index contributed by atoms with van der Waals surface area (Å²) < 4.78 is 48.0. The van der Waals surface area contributed by atoms with E-state index in [-0.39, 0.29) is 18.9 Å². The molecule has 12 nitrogen and oxygen atoms in total. The second-order valence-corrected chi connectivity index (χ2v) is 22.7. The molecule has 0 aromatic carbocycles. The molecule has 0 aromatic heterocycles. The molecule has 0 spiro atoms. The van der Waals surface area contributed by atoms with Crippen molar-refractivity contribution in [2.45, 2.75) is 339 Å². The Kier molecular flexibility index (Phi) is 47.8. The average molecular weight is 1060 g/mol. The van der Waals surface area contributed by atoms with Crippen molar-refractivity contribution in [1.29, 1.82) is 0 Å². The van der Waals surface area contributed by atoms with E-state index in [4.69, 9.17) is 9.47 Å². The Balaban J connectivity index is 2.34. The number of hydrogen-bond donors (Lipinski definition) is 6. The zero-order valence-corrected chi connectivity index (χ0v) is 47.8. The minimum atomic E-state index is -5.08. The van der Waals surface area contributed by atoms with Crippen LogP contribution in [-0.4, -0.2) is 95.4 Å². The predicted octanol–water partition coefficient (Wildman–Crippen LogP) is 14.8. The normalized spacial score (nSPS) is 19.4. The third kappa shape index (κ3) is 42.3. The van der Waals surface area contributed by atoms with Crippen molar-refractivity contribution in [2.75, 3.05) is 13.2 Å². The van der Waals surface area contributed by atoms with E-state index in [9.17, 15) is 38.2 Å². The number of hydrogen-bond acceptors (Lipinski definition) is 10. The second-order valence-electron chi connectivity index (χ2n) is 21.6. The van der Waals surface area contributed by atoms with Crippen LogP contribution in [0.5, 0.6) is 0 Å². The van der Waals surface area contributed by atoms with Gasteiger partial charge in [-0.15, -0.1) is 0 Å². The lowest BCUT2D eigenvalue weighted by atomic mass is 9.99. The van der Waals surface area contributed by atoms with Gasteiger partial charge < -0.3 is 35.2 Å². The molecule has 6 N–H and O–H groups in total. The molecule has 7 atom stereocenters. The van der Waals surface area contributed by atoms with E-state index in [1.165, 1.54) is 205 Å². The number of rotatable bonds is 54. The Morgan fingerprint density at radius 3 is 1.30 bits per heavy atom. The first-order valence-corrected chi connectivity index (χ1v) is 32.1. The summed E-state index contributed by atoms with van der Waals surface area (Å²) in [5, 5.41) is 45.2. The molecule has 1 rings (SSSR count). The Bertz CT molecular complexity index is 1380. The van der Waals surface area contributed by atoms with Gasteiger partial charge in [0.05, 0.1) is 25.4 Å². The van der Waals surface area contributed by atoms with E-state index in [0.717, 1.165) is 57.8 Å². The number of allylic oxidation sites excluding steroid dienone is 4. The van der Waals surface area contributed by atoms with E-state index in [2.05, 4.69) is 47.7 Å². The highest BCUT2D eigenvalue weighted by Crippen LogP contribution is 2.26. The molecule has 73 heavy (non-hydrogen) atoms. The molecule has 0 radical (unpaired) electrons. The van der Waals surface area contributed by atoms with Gasteiger partial charge in [0.15, 0.2) is 6.29 Å². The van der Waals surface area contributed by atoms with Gasteiger partial charge in [-0.25, -0.2) is 4.18 Å². The van der Waals surface area contributed by atoms with E-state index >= 15 is 0 Å². The van der Waals surface area contributed by atoms with Gasteiger partial charge in [0, 0.05) is 6.42 Å². The molecule has 0 bridgehead atoms. The van der Waals surface area contributed by atoms with Crippen molar-refractivity contribution in [3.05, 3.63) is 24.3 Å². The van der Waals surface area contributed by atoms with Crippen LogP contribution in [0.15, 0.2) is 24.3 Å². The van der Waals surface area contributed by atoms with Crippen LogP contribution in [0.25, 0.3) is 0 Å². The first kappa shape index (κ1) is 69.6. The van der Waals surface area contributed by atoms with Crippen LogP contribution in [0.4, 0.5) is 0 Å². The standard InChI is InChI=1S/C60H115NO11S/c1-3-5-7-9-11-13-15-17-19-21-23-25-27-29-31-33-35-37-39-41-43-45-47-49-54(63)53(52-70-60-58(66)59(72-73(67,68)69)57(65)55(51-62)71-60)61-56(64)50-48-46-44-42-40-38-36-34-32-30-28-26-24-22-20-18-16-14-12-10-8-6-4-2/h24,26,30,32,53-55,57-60,62-63,65-66H,3-23,25,27-29,31,33-52H2,1-2H3,(H,61,64)(H,67,68,69)/b26-24-,32-30-. The Hall–Kier alpha value is -1.42. The molecule has 432 valence electrons. The highest BCUT2D eigenvalue weighted by atomic mass is 32.3. The van der Waals surface area contributed by atoms with Gasteiger partial charge in [0.2, 0.25) is 5.91 Å². The van der Waals surface area contributed by atoms with Crippen molar-refractivity contribution < 1.29 is 51.8 Å². The second kappa shape index (κ2) is 50.1. The third-order valence-corrected chi connectivity index (χ3v) is 15.2. The largest absolute Gasteiger partial charge is 0.397 e. The van der Waals surface area contributed by atoms with Crippen LogP contribution in [0.3, 0.4) is 0 Å². The monoisotopic (exact) mass is 1060 g/mol. The van der Waals surface area contributed by atoms with Gasteiger partial charge >= 0.3 is 10.4 Å². The van der Waals surface area contributed by atoms with Crippen molar-refractivity contribution in [3.63, 3.8) is 0 Å². The van der Waals surface area contributed by atoms with Crippen LogP contribution in [0.2, 0.25) is 0 Å². The van der Waals surface area contributed by atoms with E-state index in [1.807, 2.05) is 0 Å². The van der Waals surface area contributed by atoms with Crippen molar-refractivity contribution in [1.82, 2.24) is 5.32 Å². The maximum atomic E-state index is 13.2. The lowest BCUT2D eigenvalue weighted by Gasteiger charge is -2.41. The van der Waals surface area contributed by atoms with Gasteiger partial charge in [0.1, 0.15) is 24.4 Å². The van der Waals surface area contributed by atoms with Crippen molar-refractivity contribution in [3.8, 4) is 0 Å². The first-order valence-electron chi connectivity index (χ1n) is 30.7. The summed E-state index contributed by atoms with van der Waals surface area (Å²) >= 11 is 0. The smallest absolute Gasteiger partial charge is 0.394 e. The number of carbonyl (C=O) groups is 1. The van der Waals surface area contributed by atoms with Crippen LogP contribution >= 0.6 is 0 Å². The van der Waals surface area contributed by atoms with Gasteiger partial charge in [-0.2, -0.15) is 8.42 Å². The number of nitrogens with one attached hydrogen (secondary N) is 1. The minimum Gasteiger partial charge on any atom is -0.394 e. The lowest BCUT2D eigenvalue weighted by Crippen LogP contribution is -2.61. The highest BCUT2D eigenvalue weighted by Gasteiger charge is 2.48. The Morgan fingerprint density at radius 1 is 0.548 bits per heavy atom. The topological polar surface area (TPSA) is 192 Å². The number of ether oxygens (including phenoxy) is 2. The zero-order valence-electron chi connectivity index (χ0n) is 47.0. The van der Waals surface area contributed by atoms with Crippen molar-refractivity contribution in [2.24, 2.45) is 0 Å². The lowest BCUT2D eigenvalue weighted by molar-refractivity contribution is -0.298. The molecular weight excluding hydrogens is 943 g/mol.